The van der Waals surface area contributed by atoms with Crippen molar-refractivity contribution >= 4 is 23.1 Å². The third kappa shape index (κ3) is 3.54. The fourth-order valence-electron chi connectivity index (χ4n) is 3.81. The summed E-state index contributed by atoms with van der Waals surface area (Å²) in [5.41, 5.74) is 15.5. The van der Waals surface area contributed by atoms with Crippen molar-refractivity contribution in [1.82, 2.24) is 0 Å². The number of nitrogens with two attached hydrogens (primary N) is 2. The number of ketones is 1. The summed E-state index contributed by atoms with van der Waals surface area (Å²) >= 11 is 0. The van der Waals surface area contributed by atoms with Gasteiger partial charge in [0.1, 0.15) is 0 Å². The summed E-state index contributed by atoms with van der Waals surface area (Å²) in [6, 6.07) is 11.3. The molecule has 2 aromatic carbocycles. The minimum absolute atomic E-state index is 0. The summed E-state index contributed by atoms with van der Waals surface area (Å²) in [7, 11) is 1.38. The number of aryl methyl sites for hydroxylation is 1. The zero-order valence-corrected chi connectivity index (χ0v) is 15.3. The standard InChI is InChI=1S/C21H24N2O3.CH4/c1-21(2,20(25)26-3)19(14-6-8-16(22)17(23)11-14)13-5-4-12-7-9-18(24)15(12)10-13;/h4-6,8,10-11,19H,7,9,22-23H2,1-3H3;1H4. The predicted octanol–water partition coefficient (Wildman–Crippen LogP) is 3.95. The Morgan fingerprint density at radius 2 is 1.67 bits per heavy atom. The minimum Gasteiger partial charge on any atom is -0.469 e. The van der Waals surface area contributed by atoms with Gasteiger partial charge in [-0.25, -0.2) is 0 Å². The van der Waals surface area contributed by atoms with Crippen LogP contribution in [0.2, 0.25) is 0 Å². The van der Waals surface area contributed by atoms with E-state index in [1.54, 1.807) is 12.1 Å². The summed E-state index contributed by atoms with van der Waals surface area (Å²) in [5, 5.41) is 0. The summed E-state index contributed by atoms with van der Waals surface area (Å²) in [5.74, 6) is -0.505. The van der Waals surface area contributed by atoms with Gasteiger partial charge in [0, 0.05) is 17.9 Å². The van der Waals surface area contributed by atoms with Crippen LogP contribution < -0.4 is 11.5 Å². The highest BCUT2D eigenvalue weighted by Gasteiger charge is 2.40. The van der Waals surface area contributed by atoms with Crippen molar-refractivity contribution in [3.8, 4) is 0 Å². The number of carbonyl (C=O) groups excluding carboxylic acids is 2. The summed E-state index contributed by atoms with van der Waals surface area (Å²) in [6.45, 7) is 3.68. The number of esters is 1. The van der Waals surface area contributed by atoms with E-state index in [9.17, 15) is 9.59 Å². The third-order valence-electron chi connectivity index (χ3n) is 5.27. The van der Waals surface area contributed by atoms with Crippen LogP contribution in [0.25, 0.3) is 0 Å². The first-order chi connectivity index (χ1) is 12.3. The number of ether oxygens (including phenoxy) is 1. The molecule has 0 bridgehead atoms. The number of carbonyl (C=O) groups is 2. The van der Waals surface area contributed by atoms with E-state index in [1.807, 2.05) is 38.1 Å². The number of hydrogen-bond donors (Lipinski definition) is 2. The Labute approximate surface area is 160 Å². The van der Waals surface area contributed by atoms with Crippen LogP contribution in [0.1, 0.15) is 60.7 Å². The van der Waals surface area contributed by atoms with Crippen molar-refractivity contribution in [3.05, 3.63) is 58.7 Å². The van der Waals surface area contributed by atoms with E-state index in [-0.39, 0.29) is 25.1 Å². The molecule has 0 radical (unpaired) electrons. The molecule has 5 nitrogen and oxygen atoms in total. The Bertz CT molecular complexity index is 887. The topological polar surface area (TPSA) is 95.4 Å². The van der Waals surface area contributed by atoms with E-state index in [4.69, 9.17) is 16.2 Å². The molecule has 3 rings (SSSR count). The lowest BCUT2D eigenvalue weighted by molar-refractivity contribution is -0.151. The second-order valence-corrected chi connectivity index (χ2v) is 7.37. The van der Waals surface area contributed by atoms with Crippen molar-refractivity contribution in [2.75, 3.05) is 18.6 Å². The van der Waals surface area contributed by atoms with Crippen molar-refractivity contribution in [2.45, 2.75) is 40.0 Å². The SMILES string of the molecule is C.COC(=O)C(C)(C)C(c1ccc(N)c(N)c1)c1ccc2c(c1)C(=O)CC2. The molecular weight excluding hydrogens is 340 g/mol. The molecule has 144 valence electrons. The predicted molar refractivity (Wildman–Crippen MR) is 109 cm³/mol. The highest BCUT2D eigenvalue weighted by molar-refractivity contribution is 6.00. The van der Waals surface area contributed by atoms with Crippen LogP contribution in [-0.2, 0) is 16.0 Å². The van der Waals surface area contributed by atoms with Gasteiger partial charge in [-0.15, -0.1) is 0 Å². The van der Waals surface area contributed by atoms with Gasteiger partial charge in [0.25, 0.3) is 0 Å². The highest BCUT2D eigenvalue weighted by atomic mass is 16.5. The number of fused-ring (bicyclic) bond motifs is 1. The summed E-state index contributed by atoms with van der Waals surface area (Å²) in [4.78, 5) is 24.7. The Morgan fingerprint density at radius 1 is 1.04 bits per heavy atom. The molecule has 0 saturated heterocycles. The number of Topliss-reactive ketones (excluding diaryl/α,β-unsaturated/α-hetero) is 1. The lowest BCUT2D eigenvalue weighted by Crippen LogP contribution is -2.33. The molecule has 0 aliphatic heterocycles. The Balaban J connectivity index is 0.00000261. The molecule has 0 fully saturated rings. The number of nitrogen functional groups attached to an aromatic ring is 2. The molecule has 0 aromatic heterocycles. The number of hydrogen-bond acceptors (Lipinski definition) is 5. The number of rotatable bonds is 4. The first-order valence-electron chi connectivity index (χ1n) is 8.65. The van der Waals surface area contributed by atoms with Gasteiger partial charge in [-0.2, -0.15) is 0 Å². The van der Waals surface area contributed by atoms with Crippen molar-refractivity contribution in [2.24, 2.45) is 5.41 Å². The zero-order valence-electron chi connectivity index (χ0n) is 15.3. The van der Waals surface area contributed by atoms with E-state index in [0.29, 0.717) is 17.8 Å². The van der Waals surface area contributed by atoms with Crippen LogP contribution >= 0.6 is 0 Å². The number of anilines is 2. The maximum Gasteiger partial charge on any atom is 0.312 e. The second kappa shape index (κ2) is 7.43. The van der Waals surface area contributed by atoms with Crippen LogP contribution in [-0.4, -0.2) is 18.9 Å². The third-order valence-corrected chi connectivity index (χ3v) is 5.27. The molecule has 0 spiro atoms. The monoisotopic (exact) mass is 368 g/mol. The molecule has 27 heavy (non-hydrogen) atoms. The second-order valence-electron chi connectivity index (χ2n) is 7.37. The van der Waals surface area contributed by atoms with E-state index in [0.717, 1.165) is 28.7 Å². The quantitative estimate of drug-likeness (QED) is 0.629. The maximum atomic E-state index is 12.5. The van der Waals surface area contributed by atoms with E-state index in [1.165, 1.54) is 7.11 Å². The first-order valence-corrected chi connectivity index (χ1v) is 8.65. The van der Waals surface area contributed by atoms with E-state index in [2.05, 4.69) is 0 Å². The smallest absolute Gasteiger partial charge is 0.312 e. The van der Waals surface area contributed by atoms with Crippen molar-refractivity contribution in [3.63, 3.8) is 0 Å². The van der Waals surface area contributed by atoms with Gasteiger partial charge in [0.05, 0.1) is 23.9 Å². The molecule has 0 heterocycles. The van der Waals surface area contributed by atoms with Gasteiger partial charge < -0.3 is 16.2 Å². The van der Waals surface area contributed by atoms with Crippen LogP contribution in [0.3, 0.4) is 0 Å². The lowest BCUT2D eigenvalue weighted by atomic mass is 9.70. The molecule has 1 aliphatic rings. The highest BCUT2D eigenvalue weighted by Crippen LogP contribution is 2.43. The van der Waals surface area contributed by atoms with Crippen molar-refractivity contribution in [1.29, 1.82) is 0 Å². The van der Waals surface area contributed by atoms with Gasteiger partial charge in [-0.05, 0) is 55.2 Å². The van der Waals surface area contributed by atoms with Gasteiger partial charge in [0.2, 0.25) is 0 Å². The zero-order chi connectivity index (χ0) is 19.1. The average molecular weight is 368 g/mol. The largest absolute Gasteiger partial charge is 0.469 e. The van der Waals surface area contributed by atoms with E-state index >= 15 is 0 Å². The molecular formula is C22H28N2O3. The molecule has 0 amide bonds. The Morgan fingerprint density at radius 3 is 2.30 bits per heavy atom. The van der Waals surface area contributed by atoms with Crippen LogP contribution in [0.15, 0.2) is 36.4 Å². The van der Waals surface area contributed by atoms with Gasteiger partial charge in [0.15, 0.2) is 5.78 Å². The number of methoxy groups -OCH3 is 1. The van der Waals surface area contributed by atoms with Crippen LogP contribution in [0, 0.1) is 5.41 Å². The minimum atomic E-state index is -0.854. The van der Waals surface area contributed by atoms with Gasteiger partial charge in [-0.3, -0.25) is 9.59 Å². The average Bonchev–Trinajstić information content (AvgIpc) is 2.98. The molecule has 4 N–H and O–H groups in total. The molecule has 5 heteroatoms. The molecule has 1 atom stereocenters. The van der Waals surface area contributed by atoms with Crippen LogP contribution in [0.5, 0.6) is 0 Å². The lowest BCUT2D eigenvalue weighted by Gasteiger charge is -2.33. The fraction of sp³-hybridized carbons (Fsp3) is 0.364. The molecule has 1 aliphatic carbocycles. The van der Waals surface area contributed by atoms with Crippen LogP contribution in [0.4, 0.5) is 11.4 Å². The van der Waals surface area contributed by atoms with E-state index < -0.39 is 5.41 Å². The van der Waals surface area contributed by atoms with Gasteiger partial charge in [-0.1, -0.05) is 25.6 Å². The molecule has 1 unspecified atom stereocenters. The molecule has 2 aromatic rings. The molecule has 0 saturated carbocycles. The Hall–Kier alpha value is -2.82. The maximum absolute atomic E-state index is 12.5. The normalized spacial score (nSPS) is 14.3. The van der Waals surface area contributed by atoms with Crippen molar-refractivity contribution < 1.29 is 14.3 Å². The fourth-order valence-corrected chi connectivity index (χ4v) is 3.81. The summed E-state index contributed by atoms with van der Waals surface area (Å²) in [6.07, 6.45) is 1.31. The Kier molecular flexibility index (Phi) is 5.64. The first kappa shape index (κ1) is 20.5. The number of benzene rings is 2. The summed E-state index contributed by atoms with van der Waals surface area (Å²) < 4.78 is 5.04. The van der Waals surface area contributed by atoms with Gasteiger partial charge >= 0.3 is 5.97 Å².